The number of carbonyl (C=O) groups is 1. The zero-order chi connectivity index (χ0) is 18.5. The van der Waals surface area contributed by atoms with Crippen LogP contribution < -0.4 is 10.5 Å². The number of para-hydroxylation sites is 1. The molecule has 140 valence electrons. The normalized spacial score (nSPS) is 18.2. The molecule has 1 atom stereocenters. The number of carbonyl (C=O) groups excluding carboxylic acids is 1. The van der Waals surface area contributed by atoms with Gasteiger partial charge in [0.05, 0.1) is 0 Å². The van der Waals surface area contributed by atoms with Gasteiger partial charge >= 0.3 is 6.61 Å². The second-order valence-corrected chi connectivity index (χ2v) is 6.44. The summed E-state index contributed by atoms with van der Waals surface area (Å²) in [4.78, 5) is 17.8. The SMILES string of the molecule is NC(=O)Cn1ccnc1C1CCCN(Cc2ccccc2OC(F)F)C1. The average Bonchev–Trinajstić information content (AvgIpc) is 3.04. The summed E-state index contributed by atoms with van der Waals surface area (Å²) in [6, 6.07) is 6.85. The molecule has 2 N–H and O–H groups in total. The minimum Gasteiger partial charge on any atom is -0.434 e. The van der Waals surface area contributed by atoms with E-state index in [-0.39, 0.29) is 18.2 Å². The van der Waals surface area contributed by atoms with E-state index in [1.807, 2.05) is 6.07 Å². The number of nitrogens with two attached hydrogens (primary N) is 1. The van der Waals surface area contributed by atoms with Crippen LogP contribution in [0.15, 0.2) is 36.7 Å². The van der Waals surface area contributed by atoms with Gasteiger partial charge in [-0.15, -0.1) is 0 Å². The first-order valence-electron chi connectivity index (χ1n) is 8.57. The summed E-state index contributed by atoms with van der Waals surface area (Å²) in [5.41, 5.74) is 6.03. The maximum atomic E-state index is 12.6. The fourth-order valence-corrected chi connectivity index (χ4v) is 3.48. The van der Waals surface area contributed by atoms with Crippen molar-refractivity contribution < 1.29 is 18.3 Å². The van der Waals surface area contributed by atoms with Gasteiger partial charge in [-0.2, -0.15) is 8.78 Å². The third kappa shape index (κ3) is 4.57. The summed E-state index contributed by atoms with van der Waals surface area (Å²) in [7, 11) is 0. The molecule has 2 aromatic rings. The highest BCUT2D eigenvalue weighted by molar-refractivity contribution is 5.73. The quantitative estimate of drug-likeness (QED) is 0.819. The lowest BCUT2D eigenvalue weighted by molar-refractivity contribution is -0.118. The number of rotatable bonds is 7. The number of alkyl halides is 2. The largest absolute Gasteiger partial charge is 0.434 e. The molecule has 0 aliphatic carbocycles. The first-order chi connectivity index (χ1) is 12.5. The smallest absolute Gasteiger partial charge is 0.387 e. The van der Waals surface area contributed by atoms with Crippen molar-refractivity contribution in [3.63, 3.8) is 0 Å². The predicted molar refractivity (Wildman–Crippen MR) is 91.7 cm³/mol. The number of hydrogen-bond donors (Lipinski definition) is 1. The van der Waals surface area contributed by atoms with Gasteiger partial charge in [0, 0.05) is 37.0 Å². The van der Waals surface area contributed by atoms with E-state index in [1.54, 1.807) is 35.2 Å². The van der Waals surface area contributed by atoms with Gasteiger partial charge in [-0.05, 0) is 25.5 Å². The minimum absolute atomic E-state index is 0.108. The van der Waals surface area contributed by atoms with Crippen molar-refractivity contribution in [2.24, 2.45) is 5.73 Å². The Morgan fingerprint density at radius 3 is 2.96 bits per heavy atom. The van der Waals surface area contributed by atoms with Crippen molar-refractivity contribution >= 4 is 5.91 Å². The van der Waals surface area contributed by atoms with Crippen molar-refractivity contribution in [2.75, 3.05) is 13.1 Å². The highest BCUT2D eigenvalue weighted by atomic mass is 19.3. The molecular formula is C18H22F2N4O2. The number of likely N-dealkylation sites (tertiary alicyclic amines) is 1. The van der Waals surface area contributed by atoms with E-state index in [0.29, 0.717) is 6.54 Å². The van der Waals surface area contributed by atoms with Gasteiger partial charge in [0.15, 0.2) is 0 Å². The van der Waals surface area contributed by atoms with Gasteiger partial charge in [-0.3, -0.25) is 9.69 Å². The number of piperidine rings is 1. The maximum absolute atomic E-state index is 12.6. The summed E-state index contributed by atoms with van der Waals surface area (Å²) in [6.07, 6.45) is 5.35. The molecule has 1 aromatic heterocycles. The van der Waals surface area contributed by atoms with Gasteiger partial charge < -0.3 is 15.0 Å². The first-order valence-corrected chi connectivity index (χ1v) is 8.57. The topological polar surface area (TPSA) is 73.4 Å². The molecular weight excluding hydrogens is 342 g/mol. The molecule has 1 aliphatic heterocycles. The third-order valence-electron chi connectivity index (χ3n) is 4.53. The fourth-order valence-electron chi connectivity index (χ4n) is 3.48. The number of halogens is 2. The van der Waals surface area contributed by atoms with Crippen molar-refractivity contribution in [1.82, 2.24) is 14.5 Å². The van der Waals surface area contributed by atoms with Crippen molar-refractivity contribution in [3.8, 4) is 5.75 Å². The Labute approximate surface area is 150 Å². The monoisotopic (exact) mass is 364 g/mol. The summed E-state index contributed by atoms with van der Waals surface area (Å²) in [5.74, 6) is 0.807. The van der Waals surface area contributed by atoms with Gasteiger partial charge in [0.25, 0.3) is 0 Å². The summed E-state index contributed by atoms with van der Waals surface area (Å²) in [5, 5.41) is 0. The molecule has 1 saturated heterocycles. The van der Waals surface area contributed by atoms with Crippen LogP contribution in [0.25, 0.3) is 0 Å². The van der Waals surface area contributed by atoms with Gasteiger partial charge in [-0.25, -0.2) is 4.98 Å². The van der Waals surface area contributed by atoms with E-state index >= 15 is 0 Å². The predicted octanol–water partition coefficient (Wildman–Crippen LogP) is 2.35. The van der Waals surface area contributed by atoms with E-state index < -0.39 is 12.5 Å². The second kappa shape index (κ2) is 8.27. The molecule has 1 fully saturated rings. The van der Waals surface area contributed by atoms with Gasteiger partial charge in [0.1, 0.15) is 18.1 Å². The van der Waals surface area contributed by atoms with E-state index in [4.69, 9.17) is 5.73 Å². The van der Waals surface area contributed by atoms with E-state index in [9.17, 15) is 13.6 Å². The van der Waals surface area contributed by atoms with Crippen LogP contribution in [0.4, 0.5) is 8.78 Å². The highest BCUT2D eigenvalue weighted by Gasteiger charge is 2.25. The van der Waals surface area contributed by atoms with E-state index in [1.165, 1.54) is 0 Å². The number of ether oxygens (including phenoxy) is 1. The molecule has 8 heteroatoms. The van der Waals surface area contributed by atoms with Crippen LogP contribution in [-0.4, -0.2) is 40.1 Å². The van der Waals surface area contributed by atoms with Crippen LogP contribution >= 0.6 is 0 Å². The Balaban J connectivity index is 1.70. The molecule has 1 unspecified atom stereocenters. The summed E-state index contributed by atoms with van der Waals surface area (Å²) >= 11 is 0. The van der Waals surface area contributed by atoms with Crippen molar-refractivity contribution in [2.45, 2.75) is 38.5 Å². The van der Waals surface area contributed by atoms with E-state index in [0.717, 1.165) is 37.3 Å². The van der Waals surface area contributed by atoms with Crippen LogP contribution in [0.5, 0.6) is 5.75 Å². The minimum atomic E-state index is -2.84. The number of amides is 1. The summed E-state index contributed by atoms with van der Waals surface area (Å²) in [6.45, 7) is -0.603. The molecule has 0 bridgehead atoms. The lowest BCUT2D eigenvalue weighted by atomic mass is 9.96. The number of hydrogen-bond acceptors (Lipinski definition) is 4. The standard InChI is InChI=1S/C18H22F2N4O2/c19-18(20)26-15-6-2-1-4-13(15)10-23-8-3-5-14(11-23)17-22-7-9-24(17)12-16(21)25/h1-2,4,6-7,9,14,18H,3,5,8,10-12H2,(H2,21,25). The first kappa shape index (κ1) is 18.3. The Bertz CT molecular complexity index is 750. The zero-order valence-corrected chi connectivity index (χ0v) is 14.4. The fraction of sp³-hybridized carbons (Fsp3) is 0.444. The Morgan fingerprint density at radius 2 is 2.19 bits per heavy atom. The lowest BCUT2D eigenvalue weighted by Crippen LogP contribution is -2.35. The molecule has 1 aromatic carbocycles. The van der Waals surface area contributed by atoms with E-state index in [2.05, 4.69) is 14.6 Å². The maximum Gasteiger partial charge on any atom is 0.387 e. The third-order valence-corrected chi connectivity index (χ3v) is 4.53. The lowest BCUT2D eigenvalue weighted by Gasteiger charge is -2.33. The molecule has 3 rings (SSSR count). The van der Waals surface area contributed by atoms with Gasteiger partial charge in [-0.1, -0.05) is 18.2 Å². The number of nitrogens with zero attached hydrogens (tertiary/aromatic N) is 3. The molecule has 6 nitrogen and oxygen atoms in total. The van der Waals surface area contributed by atoms with Crippen LogP contribution in [0, 0.1) is 0 Å². The molecule has 26 heavy (non-hydrogen) atoms. The molecule has 2 heterocycles. The van der Waals surface area contributed by atoms with Crippen LogP contribution in [0.2, 0.25) is 0 Å². The Kier molecular flexibility index (Phi) is 5.82. The second-order valence-electron chi connectivity index (χ2n) is 6.44. The molecule has 0 saturated carbocycles. The number of aromatic nitrogens is 2. The molecule has 1 aliphatic rings. The van der Waals surface area contributed by atoms with Crippen LogP contribution in [0.1, 0.15) is 30.1 Å². The average molecular weight is 364 g/mol. The van der Waals surface area contributed by atoms with Crippen molar-refractivity contribution in [3.05, 3.63) is 48.0 Å². The zero-order valence-electron chi connectivity index (χ0n) is 14.4. The van der Waals surface area contributed by atoms with Gasteiger partial charge in [0.2, 0.25) is 5.91 Å². The van der Waals surface area contributed by atoms with Crippen molar-refractivity contribution in [1.29, 1.82) is 0 Å². The molecule has 0 radical (unpaired) electrons. The van der Waals surface area contributed by atoms with Crippen LogP contribution in [-0.2, 0) is 17.9 Å². The molecule has 0 spiro atoms. The summed E-state index contributed by atoms with van der Waals surface area (Å²) < 4.78 is 31.6. The van der Waals surface area contributed by atoms with Crippen LogP contribution in [0.3, 0.4) is 0 Å². The Hall–Kier alpha value is -2.48. The molecule has 1 amide bonds. The number of benzene rings is 1. The number of imidazole rings is 1. The highest BCUT2D eigenvalue weighted by Crippen LogP contribution is 2.29. The number of primary amides is 1. The Morgan fingerprint density at radius 1 is 1.38 bits per heavy atom.